The van der Waals surface area contributed by atoms with Crippen LogP contribution in [0.15, 0.2) is 0 Å². The molecule has 0 aromatic rings. The van der Waals surface area contributed by atoms with Crippen LogP contribution >= 0.6 is 0 Å². The van der Waals surface area contributed by atoms with E-state index in [2.05, 4.69) is 22.5 Å². The monoisotopic (exact) mass is 170 g/mol. The average molecular weight is 170 g/mol. The zero-order valence-electron chi connectivity index (χ0n) is 8.23. The van der Waals surface area contributed by atoms with Gasteiger partial charge in [-0.25, -0.2) is 0 Å². The number of rotatable bonds is 4. The van der Waals surface area contributed by atoms with E-state index in [0.29, 0.717) is 6.54 Å². The minimum absolute atomic E-state index is 0.328. The van der Waals surface area contributed by atoms with Gasteiger partial charge in [0.2, 0.25) is 0 Å². The van der Waals surface area contributed by atoms with Crippen LogP contribution in [0.4, 0.5) is 0 Å². The molecule has 0 aliphatic carbocycles. The first-order chi connectivity index (χ1) is 5.52. The Kier molecular flexibility index (Phi) is 4.91. The minimum Gasteiger partial charge on any atom is -0.377 e. The Labute approximate surface area is 74.6 Å². The van der Waals surface area contributed by atoms with Crippen LogP contribution in [0.25, 0.3) is 0 Å². The maximum atomic E-state index is 9.37. The molecule has 0 aromatic heterocycles. The molecule has 0 spiro atoms. The van der Waals surface area contributed by atoms with Crippen LogP contribution in [0.3, 0.4) is 0 Å². The molecule has 0 heterocycles. The van der Waals surface area contributed by atoms with Gasteiger partial charge in [-0.05, 0) is 27.8 Å². The number of likely N-dealkylation sites (N-methyl/N-ethyl adjacent to an activating group) is 1. The molecule has 0 rings (SSSR count). The fourth-order valence-corrected chi connectivity index (χ4v) is 1.01. The summed E-state index contributed by atoms with van der Waals surface area (Å²) in [5.41, 5.74) is -0.328. The van der Waals surface area contributed by atoms with Gasteiger partial charge in [0.05, 0.1) is 5.54 Å². The highest BCUT2D eigenvalue weighted by atomic mass is 16.3. The molecule has 3 nitrogen and oxygen atoms in total. The Morgan fingerprint density at radius 2 is 2.08 bits per heavy atom. The van der Waals surface area contributed by atoms with Crippen molar-refractivity contribution in [2.45, 2.75) is 32.5 Å². The van der Waals surface area contributed by atoms with Gasteiger partial charge < -0.3 is 10.4 Å². The Hall–Kier alpha value is -0.560. The highest BCUT2D eigenvalue weighted by Gasteiger charge is 2.16. The summed E-state index contributed by atoms with van der Waals surface area (Å²) in [5, 5.41) is 15.2. The van der Waals surface area contributed by atoms with Crippen molar-refractivity contribution in [1.82, 2.24) is 10.6 Å². The van der Waals surface area contributed by atoms with Crippen LogP contribution < -0.4 is 10.6 Å². The van der Waals surface area contributed by atoms with Crippen LogP contribution in [0.1, 0.15) is 20.8 Å². The van der Waals surface area contributed by atoms with Gasteiger partial charge in [0.1, 0.15) is 6.23 Å². The van der Waals surface area contributed by atoms with Crippen molar-refractivity contribution < 1.29 is 5.11 Å². The lowest BCUT2D eigenvalue weighted by atomic mass is 10.1. The van der Waals surface area contributed by atoms with Crippen LogP contribution in [-0.2, 0) is 0 Å². The second kappa shape index (κ2) is 5.15. The van der Waals surface area contributed by atoms with E-state index in [4.69, 9.17) is 0 Å². The van der Waals surface area contributed by atoms with Crippen LogP contribution in [0.5, 0.6) is 0 Å². The standard InChI is InChI=1S/C9H18N2O/c1-5-6-9(2,3)11-8(12)7-10-4/h8,10-12H,7H2,1-4H3. The topological polar surface area (TPSA) is 44.3 Å². The lowest BCUT2D eigenvalue weighted by molar-refractivity contribution is 0.116. The van der Waals surface area contributed by atoms with Crippen molar-refractivity contribution in [3.05, 3.63) is 0 Å². The molecule has 0 aliphatic rings. The highest BCUT2D eigenvalue weighted by molar-refractivity contribution is 5.12. The molecule has 0 aromatic carbocycles. The maximum absolute atomic E-state index is 9.37. The number of aliphatic hydroxyl groups is 1. The largest absolute Gasteiger partial charge is 0.377 e. The van der Waals surface area contributed by atoms with E-state index in [1.807, 2.05) is 13.8 Å². The van der Waals surface area contributed by atoms with Gasteiger partial charge in [0.25, 0.3) is 0 Å². The molecule has 3 heteroatoms. The molecule has 0 amide bonds. The first kappa shape index (κ1) is 11.4. The summed E-state index contributed by atoms with van der Waals surface area (Å²) in [6.45, 7) is 6.17. The van der Waals surface area contributed by atoms with Gasteiger partial charge in [-0.3, -0.25) is 5.32 Å². The van der Waals surface area contributed by atoms with Crippen molar-refractivity contribution in [3.63, 3.8) is 0 Å². The van der Waals surface area contributed by atoms with E-state index in [9.17, 15) is 5.11 Å². The summed E-state index contributed by atoms with van der Waals surface area (Å²) in [5.74, 6) is 5.77. The fourth-order valence-electron chi connectivity index (χ4n) is 1.01. The lowest BCUT2D eigenvalue weighted by Gasteiger charge is -2.23. The van der Waals surface area contributed by atoms with Crippen molar-refractivity contribution >= 4 is 0 Å². The van der Waals surface area contributed by atoms with Crippen LogP contribution in [0, 0.1) is 11.8 Å². The highest BCUT2D eigenvalue weighted by Crippen LogP contribution is 1.99. The zero-order valence-corrected chi connectivity index (χ0v) is 8.23. The quantitative estimate of drug-likeness (QED) is 0.408. The minimum atomic E-state index is -0.550. The lowest BCUT2D eigenvalue weighted by Crippen LogP contribution is -2.48. The van der Waals surface area contributed by atoms with Crippen molar-refractivity contribution in [1.29, 1.82) is 0 Å². The summed E-state index contributed by atoms with van der Waals surface area (Å²) in [7, 11) is 1.80. The number of hydrogen-bond donors (Lipinski definition) is 3. The van der Waals surface area contributed by atoms with E-state index in [1.54, 1.807) is 14.0 Å². The molecule has 0 saturated heterocycles. The van der Waals surface area contributed by atoms with Crippen molar-refractivity contribution in [2.24, 2.45) is 0 Å². The molecular formula is C9H18N2O. The van der Waals surface area contributed by atoms with E-state index < -0.39 is 6.23 Å². The SMILES string of the molecule is CC#CC(C)(C)NC(O)CNC. The molecule has 0 fully saturated rings. The molecule has 0 saturated carbocycles. The summed E-state index contributed by atoms with van der Waals surface area (Å²) in [6.07, 6.45) is -0.550. The first-order valence-electron chi connectivity index (χ1n) is 4.06. The number of aliphatic hydroxyl groups excluding tert-OH is 1. The molecule has 0 aliphatic heterocycles. The van der Waals surface area contributed by atoms with Gasteiger partial charge in [0.15, 0.2) is 0 Å². The predicted octanol–water partition coefficient (Wildman–Crippen LogP) is -0.0843. The third-order valence-corrected chi connectivity index (χ3v) is 1.36. The van der Waals surface area contributed by atoms with Crippen LogP contribution in [0.2, 0.25) is 0 Å². The van der Waals surface area contributed by atoms with E-state index >= 15 is 0 Å². The van der Waals surface area contributed by atoms with Gasteiger partial charge in [-0.1, -0.05) is 5.92 Å². The Morgan fingerprint density at radius 3 is 2.50 bits per heavy atom. The molecule has 3 N–H and O–H groups in total. The summed E-state index contributed by atoms with van der Waals surface area (Å²) >= 11 is 0. The van der Waals surface area contributed by atoms with Gasteiger partial charge >= 0.3 is 0 Å². The first-order valence-corrected chi connectivity index (χ1v) is 4.06. The van der Waals surface area contributed by atoms with E-state index in [1.165, 1.54) is 0 Å². The van der Waals surface area contributed by atoms with Gasteiger partial charge in [-0.15, -0.1) is 5.92 Å². The predicted molar refractivity (Wildman–Crippen MR) is 50.6 cm³/mol. The maximum Gasteiger partial charge on any atom is 0.118 e. The molecule has 0 radical (unpaired) electrons. The van der Waals surface area contributed by atoms with Gasteiger partial charge in [0, 0.05) is 6.54 Å². The second-order valence-corrected chi connectivity index (χ2v) is 3.22. The molecule has 12 heavy (non-hydrogen) atoms. The summed E-state index contributed by atoms with van der Waals surface area (Å²) < 4.78 is 0. The fraction of sp³-hybridized carbons (Fsp3) is 0.778. The second-order valence-electron chi connectivity index (χ2n) is 3.22. The van der Waals surface area contributed by atoms with Crippen molar-refractivity contribution in [2.75, 3.05) is 13.6 Å². The Bertz CT molecular complexity index is 179. The molecule has 70 valence electrons. The third kappa shape index (κ3) is 5.14. The Morgan fingerprint density at radius 1 is 1.50 bits per heavy atom. The van der Waals surface area contributed by atoms with Crippen LogP contribution in [-0.4, -0.2) is 30.5 Å². The van der Waals surface area contributed by atoms with Gasteiger partial charge in [-0.2, -0.15) is 0 Å². The van der Waals surface area contributed by atoms with E-state index in [-0.39, 0.29) is 5.54 Å². The Balaban J connectivity index is 3.93. The van der Waals surface area contributed by atoms with E-state index in [0.717, 1.165) is 0 Å². The molecule has 1 unspecified atom stereocenters. The number of nitrogens with one attached hydrogen (secondary N) is 2. The normalized spacial score (nSPS) is 13.4. The molecule has 1 atom stereocenters. The smallest absolute Gasteiger partial charge is 0.118 e. The molecular weight excluding hydrogens is 152 g/mol. The number of hydrogen-bond acceptors (Lipinski definition) is 3. The zero-order chi connectivity index (χ0) is 9.61. The van der Waals surface area contributed by atoms with Crippen molar-refractivity contribution in [3.8, 4) is 11.8 Å². The third-order valence-electron chi connectivity index (χ3n) is 1.36. The summed E-state index contributed by atoms with van der Waals surface area (Å²) in [6, 6.07) is 0. The molecule has 0 bridgehead atoms. The average Bonchev–Trinajstić information content (AvgIpc) is 1.85. The summed E-state index contributed by atoms with van der Waals surface area (Å²) in [4.78, 5) is 0.